The van der Waals surface area contributed by atoms with E-state index in [0.717, 1.165) is 58.3 Å². The van der Waals surface area contributed by atoms with Gasteiger partial charge in [-0.3, -0.25) is 0 Å². The fourth-order valence-corrected chi connectivity index (χ4v) is 4.56. The van der Waals surface area contributed by atoms with Gasteiger partial charge in [-0.15, -0.1) is 0 Å². The zero-order chi connectivity index (χ0) is 18.1. The molecule has 7 nitrogen and oxygen atoms in total. The van der Waals surface area contributed by atoms with E-state index in [1.54, 1.807) is 7.11 Å². The molecule has 0 amide bonds. The van der Waals surface area contributed by atoms with Crippen molar-refractivity contribution in [2.75, 3.05) is 46.8 Å². The van der Waals surface area contributed by atoms with Crippen LogP contribution in [0.2, 0.25) is 0 Å². The Labute approximate surface area is 155 Å². The van der Waals surface area contributed by atoms with Crippen molar-refractivity contribution in [1.82, 2.24) is 0 Å². The molecule has 0 aromatic heterocycles. The highest BCUT2D eigenvalue weighted by atomic mass is 16.7. The summed E-state index contributed by atoms with van der Waals surface area (Å²) >= 11 is 0. The molecule has 0 aromatic carbocycles. The molecule has 1 N–H and O–H groups in total. The SMILES string of the molecule is C1COC2(CCC3(CC2)CO3)O1.COCC1(O)CCC2(CC1)OCCO2. The molecule has 3 heterocycles. The first-order valence-electron chi connectivity index (χ1n) is 9.92. The number of epoxide rings is 1. The maximum Gasteiger partial charge on any atom is 0.168 e. The lowest BCUT2D eigenvalue weighted by molar-refractivity contribution is -0.208. The van der Waals surface area contributed by atoms with E-state index in [0.29, 0.717) is 32.7 Å². The Bertz CT molecular complexity index is 456. The summed E-state index contributed by atoms with van der Waals surface area (Å²) in [5.74, 6) is -0.600. The van der Waals surface area contributed by atoms with E-state index in [1.165, 1.54) is 0 Å². The van der Waals surface area contributed by atoms with Crippen molar-refractivity contribution in [3.63, 3.8) is 0 Å². The number of hydrogen-bond donors (Lipinski definition) is 1. The van der Waals surface area contributed by atoms with Crippen LogP contribution in [0, 0.1) is 0 Å². The molecule has 2 saturated carbocycles. The van der Waals surface area contributed by atoms with Crippen molar-refractivity contribution in [1.29, 1.82) is 0 Å². The smallest absolute Gasteiger partial charge is 0.168 e. The van der Waals surface area contributed by atoms with E-state index < -0.39 is 5.60 Å². The Morgan fingerprint density at radius 2 is 1.12 bits per heavy atom. The van der Waals surface area contributed by atoms with Crippen molar-refractivity contribution in [2.24, 2.45) is 0 Å². The van der Waals surface area contributed by atoms with Crippen LogP contribution in [0.5, 0.6) is 0 Å². The summed E-state index contributed by atoms with van der Waals surface area (Å²) < 4.78 is 32.8. The summed E-state index contributed by atoms with van der Waals surface area (Å²) in [6, 6.07) is 0. The quantitative estimate of drug-likeness (QED) is 0.740. The zero-order valence-corrected chi connectivity index (χ0v) is 15.8. The average molecular weight is 372 g/mol. The average Bonchev–Trinajstić information content (AvgIpc) is 3.06. The van der Waals surface area contributed by atoms with Crippen molar-refractivity contribution < 1.29 is 33.5 Å². The third-order valence-corrected chi connectivity index (χ3v) is 6.46. The third kappa shape index (κ3) is 4.09. The Morgan fingerprint density at radius 3 is 1.50 bits per heavy atom. The number of methoxy groups -OCH3 is 1. The maximum absolute atomic E-state index is 10.1. The maximum atomic E-state index is 10.1. The Morgan fingerprint density at radius 1 is 0.692 bits per heavy atom. The van der Waals surface area contributed by atoms with E-state index in [4.69, 9.17) is 28.4 Å². The van der Waals surface area contributed by atoms with Gasteiger partial charge >= 0.3 is 0 Å². The fraction of sp³-hybridized carbons (Fsp3) is 1.00. The molecule has 0 radical (unpaired) electrons. The molecule has 5 rings (SSSR count). The highest BCUT2D eigenvalue weighted by Gasteiger charge is 2.53. The van der Waals surface area contributed by atoms with Crippen molar-refractivity contribution in [3.05, 3.63) is 0 Å². The van der Waals surface area contributed by atoms with Gasteiger partial charge in [-0.2, -0.15) is 0 Å². The van der Waals surface area contributed by atoms with Gasteiger partial charge in [0.15, 0.2) is 11.6 Å². The van der Waals surface area contributed by atoms with Gasteiger partial charge < -0.3 is 33.5 Å². The predicted molar refractivity (Wildman–Crippen MR) is 91.7 cm³/mol. The van der Waals surface area contributed by atoms with Gasteiger partial charge in [0.25, 0.3) is 0 Å². The first-order valence-corrected chi connectivity index (χ1v) is 9.92. The molecule has 26 heavy (non-hydrogen) atoms. The molecule has 0 bridgehead atoms. The van der Waals surface area contributed by atoms with Crippen LogP contribution in [0.25, 0.3) is 0 Å². The fourth-order valence-electron chi connectivity index (χ4n) is 4.56. The summed E-state index contributed by atoms with van der Waals surface area (Å²) in [5, 5.41) is 10.1. The molecule has 3 aliphatic heterocycles. The minimum absolute atomic E-state index is 0.211. The lowest BCUT2D eigenvalue weighted by Gasteiger charge is -2.40. The second-order valence-electron chi connectivity index (χ2n) is 8.34. The predicted octanol–water partition coefficient (Wildman–Crippen LogP) is 1.75. The molecule has 5 aliphatic rings. The van der Waals surface area contributed by atoms with E-state index in [2.05, 4.69) is 0 Å². The number of hydrogen-bond acceptors (Lipinski definition) is 7. The molecule has 3 spiro atoms. The molecule has 5 fully saturated rings. The number of ether oxygens (including phenoxy) is 6. The molecule has 0 aromatic rings. The highest BCUT2D eigenvalue weighted by Crippen LogP contribution is 2.47. The van der Waals surface area contributed by atoms with Gasteiger partial charge in [0.05, 0.1) is 50.8 Å². The van der Waals surface area contributed by atoms with Crippen molar-refractivity contribution in [3.8, 4) is 0 Å². The molecule has 150 valence electrons. The summed E-state index contributed by atoms with van der Waals surface area (Å²) in [5.41, 5.74) is -0.421. The topological polar surface area (TPSA) is 78.9 Å². The standard InChI is InChI=1S/C10H18O4.C9H14O3/c1-12-8-9(11)2-4-10(5-3-9)13-6-7-14-10;1-3-9(10-5-6-11-9)4-2-8(1)7-12-8/h11H,2-8H2,1H3;1-7H2. The van der Waals surface area contributed by atoms with Crippen molar-refractivity contribution >= 4 is 0 Å². The van der Waals surface area contributed by atoms with Crippen LogP contribution in [0.1, 0.15) is 51.4 Å². The Kier molecular flexibility index (Phi) is 5.33. The zero-order valence-electron chi connectivity index (χ0n) is 15.8. The lowest BCUT2D eigenvalue weighted by Crippen LogP contribution is -2.45. The molecule has 0 unspecified atom stereocenters. The number of aliphatic hydroxyl groups is 1. The summed E-state index contributed by atoms with van der Waals surface area (Å²) in [7, 11) is 1.62. The summed E-state index contributed by atoms with van der Waals surface area (Å²) in [4.78, 5) is 0. The monoisotopic (exact) mass is 372 g/mol. The van der Waals surface area contributed by atoms with Gasteiger partial charge in [0, 0.05) is 32.8 Å². The normalized spacial score (nSPS) is 36.2. The number of rotatable bonds is 2. The van der Waals surface area contributed by atoms with Crippen LogP contribution in [-0.4, -0.2) is 74.6 Å². The van der Waals surface area contributed by atoms with Crippen LogP contribution in [-0.2, 0) is 28.4 Å². The Hall–Kier alpha value is -0.280. The van der Waals surface area contributed by atoms with Gasteiger partial charge in [-0.1, -0.05) is 0 Å². The minimum Gasteiger partial charge on any atom is -0.387 e. The molecule has 7 heteroatoms. The molecule has 2 aliphatic carbocycles. The van der Waals surface area contributed by atoms with Crippen LogP contribution >= 0.6 is 0 Å². The first kappa shape index (κ1) is 19.1. The van der Waals surface area contributed by atoms with Crippen LogP contribution in [0.4, 0.5) is 0 Å². The first-order chi connectivity index (χ1) is 12.5. The largest absolute Gasteiger partial charge is 0.387 e. The van der Waals surface area contributed by atoms with Gasteiger partial charge in [0.1, 0.15) is 0 Å². The van der Waals surface area contributed by atoms with Crippen LogP contribution in [0.15, 0.2) is 0 Å². The van der Waals surface area contributed by atoms with E-state index >= 15 is 0 Å². The molecular formula is C19H32O7. The second-order valence-corrected chi connectivity index (χ2v) is 8.34. The van der Waals surface area contributed by atoms with Gasteiger partial charge in [0.2, 0.25) is 0 Å². The third-order valence-electron chi connectivity index (χ3n) is 6.46. The second kappa shape index (κ2) is 7.28. The van der Waals surface area contributed by atoms with E-state index in [1.807, 2.05) is 0 Å². The van der Waals surface area contributed by atoms with Gasteiger partial charge in [-0.25, -0.2) is 0 Å². The molecule has 3 saturated heterocycles. The Balaban J connectivity index is 0.000000130. The van der Waals surface area contributed by atoms with E-state index in [9.17, 15) is 5.11 Å². The van der Waals surface area contributed by atoms with Crippen LogP contribution in [0.3, 0.4) is 0 Å². The molecule has 0 atom stereocenters. The highest BCUT2D eigenvalue weighted by molar-refractivity contribution is 4.99. The van der Waals surface area contributed by atoms with Gasteiger partial charge in [-0.05, 0) is 25.7 Å². The summed E-state index contributed by atoms with van der Waals surface area (Å²) in [6.07, 6.45) is 7.21. The molecular weight excluding hydrogens is 340 g/mol. The van der Waals surface area contributed by atoms with E-state index in [-0.39, 0.29) is 17.2 Å². The van der Waals surface area contributed by atoms with Crippen molar-refractivity contribution in [2.45, 2.75) is 74.1 Å². The lowest BCUT2D eigenvalue weighted by atomic mass is 9.82. The van der Waals surface area contributed by atoms with Crippen LogP contribution < -0.4 is 0 Å². The minimum atomic E-state index is -0.671. The summed E-state index contributed by atoms with van der Waals surface area (Å²) in [6.45, 7) is 4.28.